The summed E-state index contributed by atoms with van der Waals surface area (Å²) < 4.78 is 0. The monoisotopic (exact) mass is 352 g/mol. The number of hydrogen-bond acceptors (Lipinski definition) is 3. The minimum atomic E-state index is -1.08. The number of aliphatic carboxylic acids is 1. The molecule has 0 spiro atoms. The highest BCUT2D eigenvalue weighted by molar-refractivity contribution is 5.94. The van der Waals surface area contributed by atoms with Crippen LogP contribution in [0.2, 0.25) is 0 Å². The maximum absolute atomic E-state index is 12.1. The lowest BCUT2D eigenvalue weighted by molar-refractivity contribution is -0.148. The van der Waals surface area contributed by atoms with Crippen molar-refractivity contribution >= 4 is 23.3 Å². The van der Waals surface area contributed by atoms with Gasteiger partial charge in [0.2, 0.25) is 5.91 Å². The smallest absolute Gasteiger partial charge is 0.309 e. The Balaban J connectivity index is 1.59. The molecule has 2 N–H and O–H groups in total. The molecule has 3 rings (SSSR count). The molecule has 0 aliphatic carbocycles. The zero-order valence-electron chi connectivity index (χ0n) is 15.2. The predicted octanol–water partition coefficient (Wildman–Crippen LogP) is 3.69. The quantitative estimate of drug-likeness (QED) is 0.832. The highest BCUT2D eigenvalue weighted by Crippen LogP contribution is 2.29. The van der Waals surface area contributed by atoms with Gasteiger partial charge in [-0.2, -0.15) is 0 Å². The average Bonchev–Trinajstić information content (AvgIpc) is 2.99. The minimum Gasteiger partial charge on any atom is -0.481 e. The van der Waals surface area contributed by atoms with E-state index >= 15 is 0 Å². The molecule has 1 aliphatic rings. The van der Waals surface area contributed by atoms with Gasteiger partial charge in [0.15, 0.2) is 0 Å². The average molecular weight is 352 g/mol. The number of benzene rings is 2. The Morgan fingerprint density at radius 2 is 1.81 bits per heavy atom. The van der Waals surface area contributed by atoms with Crippen molar-refractivity contribution in [2.45, 2.75) is 33.2 Å². The van der Waals surface area contributed by atoms with Crippen LogP contribution in [0.3, 0.4) is 0 Å². The third-order valence-corrected chi connectivity index (χ3v) is 4.78. The summed E-state index contributed by atoms with van der Waals surface area (Å²) >= 11 is 0. The minimum absolute atomic E-state index is 0.0609. The lowest BCUT2D eigenvalue weighted by Gasteiger charge is -2.20. The van der Waals surface area contributed by atoms with E-state index in [1.807, 2.05) is 24.3 Å². The molecule has 2 aromatic rings. The number of carbonyl (C=O) groups is 2. The summed E-state index contributed by atoms with van der Waals surface area (Å²) in [6.07, 6.45) is 1.01. The molecule has 1 amide bonds. The fraction of sp³-hybridized carbons (Fsp3) is 0.333. The number of carbonyl (C=O) groups excluding carboxylic acids is 1. The van der Waals surface area contributed by atoms with E-state index in [1.54, 1.807) is 13.8 Å². The normalized spacial score (nSPS) is 13.4. The van der Waals surface area contributed by atoms with Crippen molar-refractivity contribution in [3.05, 3.63) is 59.7 Å². The van der Waals surface area contributed by atoms with Gasteiger partial charge in [0, 0.05) is 30.9 Å². The van der Waals surface area contributed by atoms with Gasteiger partial charge in [0.25, 0.3) is 0 Å². The molecular weight excluding hydrogens is 328 g/mol. The van der Waals surface area contributed by atoms with E-state index in [-0.39, 0.29) is 12.3 Å². The van der Waals surface area contributed by atoms with Crippen LogP contribution in [0, 0.1) is 5.41 Å². The Morgan fingerprint density at radius 3 is 2.50 bits per heavy atom. The molecule has 0 bridgehead atoms. The van der Waals surface area contributed by atoms with E-state index in [2.05, 4.69) is 34.5 Å². The summed E-state index contributed by atoms with van der Waals surface area (Å²) in [5.74, 6) is -1.27. The zero-order chi connectivity index (χ0) is 18.7. The summed E-state index contributed by atoms with van der Waals surface area (Å²) in [5.41, 5.74) is 3.46. The molecule has 0 radical (unpaired) electrons. The predicted molar refractivity (Wildman–Crippen MR) is 102 cm³/mol. The lowest BCUT2D eigenvalue weighted by atomic mass is 9.89. The van der Waals surface area contributed by atoms with Crippen LogP contribution < -0.4 is 10.2 Å². The molecule has 5 heteroatoms. The summed E-state index contributed by atoms with van der Waals surface area (Å²) in [4.78, 5) is 25.5. The summed E-state index contributed by atoms with van der Waals surface area (Å²) in [6, 6.07) is 16.2. The van der Waals surface area contributed by atoms with E-state index < -0.39 is 11.4 Å². The van der Waals surface area contributed by atoms with Crippen LogP contribution in [0.25, 0.3) is 0 Å². The van der Waals surface area contributed by atoms with Crippen molar-refractivity contribution in [2.75, 3.05) is 16.8 Å². The maximum atomic E-state index is 12.1. The molecule has 5 nitrogen and oxygen atoms in total. The molecular formula is C21H24N2O3. The number of hydrogen-bond donors (Lipinski definition) is 2. The number of anilines is 2. The van der Waals surface area contributed by atoms with Crippen LogP contribution >= 0.6 is 0 Å². The lowest BCUT2D eigenvalue weighted by Crippen LogP contribution is -2.29. The van der Waals surface area contributed by atoms with Crippen molar-refractivity contribution in [3.8, 4) is 0 Å². The van der Waals surface area contributed by atoms with Gasteiger partial charge in [-0.3, -0.25) is 9.59 Å². The first-order valence-electron chi connectivity index (χ1n) is 8.80. The van der Waals surface area contributed by atoms with Crippen LogP contribution in [0.1, 0.15) is 31.4 Å². The highest BCUT2D eigenvalue weighted by atomic mass is 16.4. The SMILES string of the molecule is CC(C)(CC(=O)Nc1ccc(CN2CCc3ccccc32)cc1)C(=O)O. The Morgan fingerprint density at radius 1 is 1.12 bits per heavy atom. The van der Waals surface area contributed by atoms with Crippen molar-refractivity contribution in [3.63, 3.8) is 0 Å². The van der Waals surface area contributed by atoms with E-state index in [1.165, 1.54) is 16.8 Å². The number of fused-ring (bicyclic) bond motifs is 1. The van der Waals surface area contributed by atoms with Crippen molar-refractivity contribution < 1.29 is 14.7 Å². The first-order chi connectivity index (χ1) is 12.3. The number of para-hydroxylation sites is 1. The second-order valence-corrected chi connectivity index (χ2v) is 7.41. The van der Waals surface area contributed by atoms with Crippen molar-refractivity contribution in [2.24, 2.45) is 5.41 Å². The Kier molecular flexibility index (Phi) is 4.98. The first-order valence-corrected chi connectivity index (χ1v) is 8.80. The maximum Gasteiger partial charge on any atom is 0.309 e. The van der Waals surface area contributed by atoms with E-state index in [0.717, 1.165) is 19.5 Å². The van der Waals surface area contributed by atoms with E-state index in [9.17, 15) is 9.59 Å². The van der Waals surface area contributed by atoms with Gasteiger partial charge >= 0.3 is 5.97 Å². The number of nitrogens with zero attached hydrogens (tertiary/aromatic N) is 1. The largest absolute Gasteiger partial charge is 0.481 e. The third kappa shape index (κ3) is 4.04. The Hall–Kier alpha value is -2.82. The molecule has 0 atom stereocenters. The molecule has 2 aromatic carbocycles. The zero-order valence-corrected chi connectivity index (χ0v) is 15.2. The number of carboxylic acid groups (broad SMARTS) is 1. The topological polar surface area (TPSA) is 69.6 Å². The van der Waals surface area contributed by atoms with Crippen LogP contribution in [0.5, 0.6) is 0 Å². The van der Waals surface area contributed by atoms with Crippen LogP contribution in [-0.2, 0) is 22.6 Å². The van der Waals surface area contributed by atoms with Crippen LogP contribution in [0.15, 0.2) is 48.5 Å². The van der Waals surface area contributed by atoms with Gasteiger partial charge in [-0.25, -0.2) is 0 Å². The fourth-order valence-electron chi connectivity index (χ4n) is 3.17. The standard InChI is InChI=1S/C21H24N2O3/c1-21(2,20(25)26)13-19(24)22-17-9-7-15(8-10-17)14-23-12-11-16-5-3-4-6-18(16)23/h3-10H,11-14H2,1-2H3,(H,22,24)(H,25,26). The second-order valence-electron chi connectivity index (χ2n) is 7.41. The molecule has 0 fully saturated rings. The first kappa shape index (κ1) is 18.0. The molecule has 0 aromatic heterocycles. The van der Waals surface area contributed by atoms with E-state index in [0.29, 0.717) is 5.69 Å². The molecule has 1 aliphatic heterocycles. The van der Waals surface area contributed by atoms with Crippen LogP contribution in [-0.4, -0.2) is 23.5 Å². The summed E-state index contributed by atoms with van der Waals surface area (Å²) in [5, 5.41) is 11.9. The highest BCUT2D eigenvalue weighted by Gasteiger charge is 2.30. The Bertz CT molecular complexity index is 812. The fourth-order valence-corrected chi connectivity index (χ4v) is 3.17. The molecule has 1 heterocycles. The van der Waals surface area contributed by atoms with Crippen molar-refractivity contribution in [1.82, 2.24) is 0 Å². The number of amides is 1. The molecule has 0 unspecified atom stereocenters. The number of nitrogens with one attached hydrogen (secondary N) is 1. The van der Waals surface area contributed by atoms with Gasteiger partial charge in [0.05, 0.1) is 5.41 Å². The number of rotatable bonds is 6. The van der Waals surface area contributed by atoms with Crippen molar-refractivity contribution in [1.29, 1.82) is 0 Å². The Labute approximate surface area is 153 Å². The summed E-state index contributed by atoms with van der Waals surface area (Å²) in [7, 11) is 0. The summed E-state index contributed by atoms with van der Waals surface area (Å²) in [6.45, 7) is 4.94. The second kappa shape index (κ2) is 7.20. The number of carboxylic acids is 1. The van der Waals surface area contributed by atoms with Gasteiger partial charge in [-0.15, -0.1) is 0 Å². The molecule has 0 saturated heterocycles. The molecule has 136 valence electrons. The van der Waals surface area contributed by atoms with Gasteiger partial charge in [0.1, 0.15) is 0 Å². The van der Waals surface area contributed by atoms with Gasteiger partial charge < -0.3 is 15.3 Å². The van der Waals surface area contributed by atoms with Gasteiger partial charge in [-0.1, -0.05) is 30.3 Å². The van der Waals surface area contributed by atoms with E-state index in [4.69, 9.17) is 5.11 Å². The molecule has 26 heavy (non-hydrogen) atoms. The third-order valence-electron chi connectivity index (χ3n) is 4.78. The molecule has 0 saturated carbocycles. The van der Waals surface area contributed by atoms with Gasteiger partial charge in [-0.05, 0) is 49.6 Å². The van der Waals surface area contributed by atoms with Crippen LogP contribution in [0.4, 0.5) is 11.4 Å².